The number of ether oxygens (including phenoxy) is 1. The number of aromatic hydroxyl groups is 1. The van der Waals surface area contributed by atoms with Crippen LogP contribution in [0.25, 0.3) is 0 Å². The number of hydrogen-bond acceptors (Lipinski definition) is 8. The van der Waals surface area contributed by atoms with E-state index in [2.05, 4.69) is 21.3 Å². The number of nitrogens with two attached hydrogens (primary N) is 1. The van der Waals surface area contributed by atoms with Crippen molar-refractivity contribution in [1.82, 2.24) is 21.3 Å². The molecule has 0 radical (unpaired) electrons. The standard InChI is InChI=1S/C24H37N5O7.ClH/c1-5-36-21(32)13-27-24(35)19(10-14(2)3)29-20(31)12-26-22(33)15(4)28-23(34)18(25)11-16-6-8-17(30)9-7-16;/h6-9,14-15,18-19,30H,5,10-13,25H2,1-4H3,(H,26,33)(H,27,35)(H,28,34)(H,29,31);1H. The fourth-order valence-electron chi connectivity index (χ4n) is 3.13. The zero-order valence-electron chi connectivity index (χ0n) is 21.5. The molecule has 0 heterocycles. The fraction of sp³-hybridized carbons (Fsp3) is 0.542. The van der Waals surface area contributed by atoms with Crippen molar-refractivity contribution in [2.24, 2.45) is 11.7 Å². The molecule has 0 saturated carbocycles. The van der Waals surface area contributed by atoms with Crippen molar-refractivity contribution in [3.8, 4) is 5.75 Å². The van der Waals surface area contributed by atoms with Crippen LogP contribution in [0.3, 0.4) is 0 Å². The summed E-state index contributed by atoms with van der Waals surface area (Å²) in [6.45, 7) is 6.28. The first kappa shape index (κ1) is 33.6. The maximum Gasteiger partial charge on any atom is 0.325 e. The summed E-state index contributed by atoms with van der Waals surface area (Å²) < 4.78 is 4.76. The van der Waals surface area contributed by atoms with Gasteiger partial charge in [0.25, 0.3) is 0 Å². The van der Waals surface area contributed by atoms with Gasteiger partial charge in [0.05, 0.1) is 19.2 Å². The number of hydrogen-bond donors (Lipinski definition) is 6. The van der Waals surface area contributed by atoms with Crippen LogP contribution in [0, 0.1) is 5.92 Å². The molecule has 0 fully saturated rings. The van der Waals surface area contributed by atoms with Crippen LogP contribution >= 0.6 is 12.4 Å². The molecule has 7 N–H and O–H groups in total. The summed E-state index contributed by atoms with van der Waals surface area (Å²) in [6, 6.07) is 3.46. The van der Waals surface area contributed by atoms with Gasteiger partial charge in [0.2, 0.25) is 23.6 Å². The molecule has 1 rings (SSSR count). The third-order valence-electron chi connectivity index (χ3n) is 4.98. The number of phenols is 1. The predicted molar refractivity (Wildman–Crippen MR) is 139 cm³/mol. The second-order valence-electron chi connectivity index (χ2n) is 8.70. The number of carbonyl (C=O) groups is 5. The van der Waals surface area contributed by atoms with Gasteiger partial charge < -0.3 is 36.8 Å². The molecule has 13 heteroatoms. The van der Waals surface area contributed by atoms with Crippen molar-refractivity contribution in [3.63, 3.8) is 0 Å². The van der Waals surface area contributed by atoms with E-state index in [1.165, 1.54) is 19.1 Å². The van der Waals surface area contributed by atoms with Crippen LogP contribution in [0.1, 0.15) is 39.7 Å². The normalized spacial score (nSPS) is 12.8. The highest BCUT2D eigenvalue weighted by Gasteiger charge is 2.24. The molecule has 4 amide bonds. The molecule has 12 nitrogen and oxygen atoms in total. The van der Waals surface area contributed by atoms with E-state index in [4.69, 9.17) is 10.5 Å². The molecule has 1 aromatic carbocycles. The third-order valence-corrected chi connectivity index (χ3v) is 4.98. The Morgan fingerprint density at radius 2 is 1.51 bits per heavy atom. The van der Waals surface area contributed by atoms with E-state index in [9.17, 15) is 29.1 Å². The Morgan fingerprint density at radius 1 is 0.919 bits per heavy atom. The number of benzene rings is 1. The minimum Gasteiger partial charge on any atom is -0.508 e. The SMILES string of the molecule is CCOC(=O)CNC(=O)C(CC(C)C)NC(=O)CNC(=O)C(C)NC(=O)C(N)Cc1ccc(O)cc1.Cl. The van der Waals surface area contributed by atoms with E-state index in [-0.39, 0.29) is 43.6 Å². The lowest BCUT2D eigenvalue weighted by Crippen LogP contribution is -2.53. The van der Waals surface area contributed by atoms with Gasteiger partial charge in [0.1, 0.15) is 24.4 Å². The number of esters is 1. The quantitative estimate of drug-likeness (QED) is 0.169. The molecule has 0 aliphatic carbocycles. The van der Waals surface area contributed by atoms with E-state index in [0.717, 1.165) is 5.56 Å². The van der Waals surface area contributed by atoms with Gasteiger partial charge in [0.15, 0.2) is 0 Å². The van der Waals surface area contributed by atoms with Gasteiger partial charge in [-0.15, -0.1) is 12.4 Å². The molecule has 0 aliphatic heterocycles. The van der Waals surface area contributed by atoms with E-state index < -0.39 is 54.3 Å². The monoisotopic (exact) mass is 543 g/mol. The summed E-state index contributed by atoms with van der Waals surface area (Å²) in [6.07, 6.45) is 0.526. The minimum atomic E-state index is -0.962. The summed E-state index contributed by atoms with van der Waals surface area (Å²) >= 11 is 0. The second-order valence-corrected chi connectivity index (χ2v) is 8.70. The molecule has 0 spiro atoms. The van der Waals surface area contributed by atoms with Gasteiger partial charge in [-0.05, 0) is 50.3 Å². The maximum atomic E-state index is 12.4. The van der Waals surface area contributed by atoms with Crippen LogP contribution in [0.4, 0.5) is 0 Å². The summed E-state index contributed by atoms with van der Waals surface area (Å²) in [5.74, 6) is -2.74. The summed E-state index contributed by atoms with van der Waals surface area (Å²) in [7, 11) is 0. The number of halogens is 1. The zero-order chi connectivity index (χ0) is 27.3. The van der Waals surface area contributed by atoms with Gasteiger partial charge in [-0.3, -0.25) is 24.0 Å². The first-order chi connectivity index (χ1) is 16.9. The number of amides is 4. The Morgan fingerprint density at radius 3 is 2.08 bits per heavy atom. The molecule has 3 atom stereocenters. The fourth-order valence-corrected chi connectivity index (χ4v) is 3.13. The smallest absolute Gasteiger partial charge is 0.325 e. The van der Waals surface area contributed by atoms with Gasteiger partial charge in [-0.1, -0.05) is 26.0 Å². The third kappa shape index (κ3) is 13.5. The number of carbonyl (C=O) groups excluding carboxylic acids is 5. The molecular weight excluding hydrogens is 506 g/mol. The van der Waals surface area contributed by atoms with Crippen molar-refractivity contribution < 1.29 is 33.8 Å². The van der Waals surface area contributed by atoms with Crippen LogP contribution < -0.4 is 27.0 Å². The molecule has 3 unspecified atom stereocenters. The maximum absolute atomic E-state index is 12.4. The molecule has 37 heavy (non-hydrogen) atoms. The van der Waals surface area contributed by atoms with Gasteiger partial charge >= 0.3 is 5.97 Å². The van der Waals surface area contributed by atoms with E-state index in [1.807, 2.05) is 13.8 Å². The molecule has 0 saturated heterocycles. The lowest BCUT2D eigenvalue weighted by Gasteiger charge is -2.21. The van der Waals surface area contributed by atoms with Crippen molar-refractivity contribution in [3.05, 3.63) is 29.8 Å². The van der Waals surface area contributed by atoms with E-state index in [1.54, 1.807) is 19.1 Å². The van der Waals surface area contributed by atoms with E-state index in [0.29, 0.717) is 6.42 Å². The largest absolute Gasteiger partial charge is 0.508 e. The Kier molecular flexibility index (Phi) is 15.6. The first-order valence-corrected chi connectivity index (χ1v) is 11.8. The Bertz CT molecular complexity index is 911. The van der Waals surface area contributed by atoms with Crippen molar-refractivity contribution in [2.75, 3.05) is 19.7 Å². The summed E-state index contributed by atoms with van der Waals surface area (Å²) in [4.78, 5) is 60.9. The van der Waals surface area contributed by atoms with Crippen LogP contribution in [-0.4, -0.2) is 72.5 Å². The molecule has 0 aliphatic rings. The predicted octanol–water partition coefficient (Wildman–Crippen LogP) is -0.485. The van der Waals surface area contributed by atoms with E-state index >= 15 is 0 Å². The Balaban J connectivity index is 0.0000130. The molecule has 208 valence electrons. The highest BCUT2D eigenvalue weighted by atomic mass is 35.5. The number of nitrogens with one attached hydrogen (secondary N) is 4. The molecule has 0 aromatic heterocycles. The summed E-state index contributed by atoms with van der Waals surface area (Å²) in [5.41, 5.74) is 6.65. The average molecular weight is 544 g/mol. The van der Waals surface area contributed by atoms with Crippen LogP contribution in [-0.2, 0) is 35.1 Å². The van der Waals surface area contributed by atoms with Crippen molar-refractivity contribution >= 4 is 42.0 Å². The van der Waals surface area contributed by atoms with Crippen molar-refractivity contribution in [2.45, 2.75) is 58.7 Å². The highest BCUT2D eigenvalue weighted by molar-refractivity contribution is 5.93. The topological polar surface area (TPSA) is 189 Å². The number of rotatable bonds is 14. The van der Waals surface area contributed by atoms with Crippen LogP contribution in [0.5, 0.6) is 5.75 Å². The molecular formula is C24H38ClN5O7. The van der Waals surface area contributed by atoms with Crippen LogP contribution in [0.15, 0.2) is 24.3 Å². The summed E-state index contributed by atoms with van der Waals surface area (Å²) in [5, 5.41) is 19.2. The van der Waals surface area contributed by atoms with Gasteiger partial charge in [-0.2, -0.15) is 0 Å². The molecule has 0 bridgehead atoms. The highest BCUT2D eigenvalue weighted by Crippen LogP contribution is 2.11. The van der Waals surface area contributed by atoms with Crippen LogP contribution in [0.2, 0.25) is 0 Å². The first-order valence-electron chi connectivity index (χ1n) is 11.8. The minimum absolute atomic E-state index is 0. The lowest BCUT2D eigenvalue weighted by molar-refractivity contribution is -0.143. The Hall–Kier alpha value is -3.38. The Labute approximate surface area is 222 Å². The van der Waals surface area contributed by atoms with Gasteiger partial charge in [-0.25, -0.2) is 0 Å². The molecule has 1 aromatic rings. The zero-order valence-corrected chi connectivity index (χ0v) is 22.4. The van der Waals surface area contributed by atoms with Crippen molar-refractivity contribution in [1.29, 1.82) is 0 Å². The second kappa shape index (κ2) is 17.1. The lowest BCUT2D eigenvalue weighted by atomic mass is 10.0. The average Bonchev–Trinajstić information content (AvgIpc) is 2.81. The number of phenolic OH excluding ortho intramolecular Hbond substituents is 1. The van der Waals surface area contributed by atoms with Gasteiger partial charge in [0, 0.05) is 0 Å².